The molecule has 0 fully saturated rings. The third-order valence-corrected chi connectivity index (χ3v) is 6.26. The van der Waals surface area contributed by atoms with E-state index in [0.29, 0.717) is 73.6 Å². The van der Waals surface area contributed by atoms with Gasteiger partial charge in [-0.25, -0.2) is 19.4 Å². The van der Waals surface area contributed by atoms with Crippen LogP contribution in [0.25, 0.3) is 11.2 Å². The first-order valence-electron chi connectivity index (χ1n) is 13.3. The second kappa shape index (κ2) is 15.3. The van der Waals surface area contributed by atoms with Crippen molar-refractivity contribution in [1.29, 1.82) is 0 Å². The summed E-state index contributed by atoms with van der Waals surface area (Å²) in [6, 6.07) is 7.30. The molecule has 0 radical (unpaired) electrons. The maximum absolute atomic E-state index is 12.4. The summed E-state index contributed by atoms with van der Waals surface area (Å²) in [6.07, 6.45) is 0.500. The van der Waals surface area contributed by atoms with Crippen LogP contribution in [0.1, 0.15) is 50.0 Å². The number of alkyl carbamates (subject to hydrolysis) is 1. The standard InChI is InChI=1S/C26H39N9O4S/c1-5-16-40-24-31-21(28-11-12-30-25(37)39-26(2,3)4)20-22(32-24)35(34-33-20)17-18-6-8-19(9-7-18)23(36)29-13-15-38-14-10-27/h6-9H,5,10-17,27H2,1-4H3,(H,29,36)(H,30,37)(H,28,31,32). The Balaban J connectivity index is 1.67. The Morgan fingerprint density at radius 2 is 1.82 bits per heavy atom. The molecular formula is C26H39N9O4S. The minimum absolute atomic E-state index is 0.170. The Hall–Kier alpha value is -3.49. The van der Waals surface area contributed by atoms with Crippen molar-refractivity contribution in [2.45, 2.75) is 51.4 Å². The molecule has 0 unspecified atom stereocenters. The number of thioether (sulfide) groups is 1. The van der Waals surface area contributed by atoms with Crippen molar-refractivity contribution >= 4 is 40.7 Å². The van der Waals surface area contributed by atoms with Gasteiger partial charge in [0, 0.05) is 37.5 Å². The molecule has 1 aromatic carbocycles. The van der Waals surface area contributed by atoms with E-state index >= 15 is 0 Å². The number of benzene rings is 1. The summed E-state index contributed by atoms with van der Waals surface area (Å²) in [4.78, 5) is 33.6. The first-order chi connectivity index (χ1) is 19.2. The molecule has 13 nitrogen and oxygen atoms in total. The maximum Gasteiger partial charge on any atom is 0.407 e. The Morgan fingerprint density at radius 1 is 1.05 bits per heavy atom. The Morgan fingerprint density at radius 3 is 2.52 bits per heavy atom. The molecule has 0 aliphatic rings. The van der Waals surface area contributed by atoms with Gasteiger partial charge in [-0.3, -0.25) is 4.79 Å². The molecule has 2 aromatic heterocycles. The van der Waals surface area contributed by atoms with Crippen molar-refractivity contribution in [2.24, 2.45) is 5.73 Å². The molecule has 2 amide bonds. The molecule has 2 heterocycles. The molecule has 0 atom stereocenters. The Kier molecular flexibility index (Phi) is 11.9. The smallest absolute Gasteiger partial charge is 0.407 e. The van der Waals surface area contributed by atoms with Gasteiger partial charge in [0.25, 0.3) is 5.91 Å². The summed E-state index contributed by atoms with van der Waals surface area (Å²) >= 11 is 1.55. The number of nitrogens with zero attached hydrogens (tertiary/aromatic N) is 5. The highest BCUT2D eigenvalue weighted by atomic mass is 32.2. The van der Waals surface area contributed by atoms with Crippen molar-refractivity contribution < 1.29 is 19.1 Å². The van der Waals surface area contributed by atoms with Crippen LogP contribution in [0.3, 0.4) is 0 Å². The Labute approximate surface area is 238 Å². The third-order valence-electron chi connectivity index (χ3n) is 5.21. The molecule has 218 valence electrons. The molecule has 14 heteroatoms. The highest BCUT2D eigenvalue weighted by Gasteiger charge is 2.17. The van der Waals surface area contributed by atoms with E-state index in [1.165, 1.54) is 0 Å². The van der Waals surface area contributed by atoms with Gasteiger partial charge in [-0.05, 0) is 44.9 Å². The van der Waals surface area contributed by atoms with Crippen LogP contribution >= 0.6 is 11.8 Å². The lowest BCUT2D eigenvalue weighted by molar-refractivity contribution is 0.0530. The van der Waals surface area contributed by atoms with Crippen LogP contribution in [0.2, 0.25) is 0 Å². The quantitative estimate of drug-likeness (QED) is 0.120. The lowest BCUT2D eigenvalue weighted by Crippen LogP contribution is -2.35. The van der Waals surface area contributed by atoms with Crippen LogP contribution in [0.15, 0.2) is 29.4 Å². The predicted octanol–water partition coefficient (Wildman–Crippen LogP) is 2.41. The number of fused-ring (bicyclic) bond motifs is 1. The highest BCUT2D eigenvalue weighted by molar-refractivity contribution is 7.99. The monoisotopic (exact) mass is 573 g/mol. The summed E-state index contributed by atoms with van der Waals surface area (Å²) in [6.45, 7) is 10.5. The van der Waals surface area contributed by atoms with Crippen molar-refractivity contribution in [1.82, 2.24) is 35.6 Å². The zero-order valence-electron chi connectivity index (χ0n) is 23.5. The van der Waals surface area contributed by atoms with E-state index in [0.717, 1.165) is 17.7 Å². The molecule has 0 saturated carbocycles. The summed E-state index contributed by atoms with van der Waals surface area (Å²) < 4.78 is 12.3. The maximum atomic E-state index is 12.4. The van der Waals surface area contributed by atoms with Crippen molar-refractivity contribution in [3.63, 3.8) is 0 Å². The number of carbonyl (C=O) groups excluding carboxylic acids is 2. The van der Waals surface area contributed by atoms with Gasteiger partial charge in [-0.2, -0.15) is 0 Å². The van der Waals surface area contributed by atoms with Gasteiger partial charge in [-0.15, -0.1) is 5.10 Å². The second-order valence-corrected chi connectivity index (χ2v) is 10.9. The minimum Gasteiger partial charge on any atom is -0.444 e. The molecule has 0 saturated heterocycles. The first kappa shape index (κ1) is 31.0. The van der Waals surface area contributed by atoms with E-state index in [9.17, 15) is 9.59 Å². The molecule has 5 N–H and O–H groups in total. The van der Waals surface area contributed by atoms with E-state index in [1.54, 1.807) is 28.6 Å². The largest absolute Gasteiger partial charge is 0.444 e. The molecule has 0 aliphatic heterocycles. The van der Waals surface area contributed by atoms with Crippen LogP contribution in [-0.4, -0.2) is 87.7 Å². The highest BCUT2D eigenvalue weighted by Crippen LogP contribution is 2.23. The topological polar surface area (TPSA) is 171 Å². The average Bonchev–Trinajstić information content (AvgIpc) is 3.31. The number of hydrogen-bond donors (Lipinski definition) is 4. The van der Waals surface area contributed by atoms with E-state index in [2.05, 4.69) is 38.2 Å². The van der Waals surface area contributed by atoms with Gasteiger partial charge in [0.2, 0.25) is 0 Å². The molecular weight excluding hydrogens is 534 g/mol. The van der Waals surface area contributed by atoms with E-state index < -0.39 is 11.7 Å². The number of nitrogens with one attached hydrogen (secondary N) is 3. The zero-order chi connectivity index (χ0) is 29.0. The van der Waals surface area contributed by atoms with Gasteiger partial charge >= 0.3 is 6.09 Å². The number of anilines is 1. The van der Waals surface area contributed by atoms with Crippen LogP contribution in [0, 0.1) is 0 Å². The number of nitrogens with two attached hydrogens (primary N) is 1. The lowest BCUT2D eigenvalue weighted by atomic mass is 10.1. The van der Waals surface area contributed by atoms with Crippen LogP contribution in [-0.2, 0) is 16.0 Å². The van der Waals surface area contributed by atoms with Crippen molar-refractivity contribution in [3.05, 3.63) is 35.4 Å². The molecule has 0 bridgehead atoms. The number of carbonyl (C=O) groups is 2. The average molecular weight is 574 g/mol. The fraction of sp³-hybridized carbons (Fsp3) is 0.538. The van der Waals surface area contributed by atoms with Gasteiger partial charge in [0.05, 0.1) is 19.8 Å². The van der Waals surface area contributed by atoms with Gasteiger partial charge < -0.3 is 31.2 Å². The van der Waals surface area contributed by atoms with Crippen LogP contribution in [0.4, 0.5) is 10.6 Å². The summed E-state index contributed by atoms with van der Waals surface area (Å²) in [5.41, 5.74) is 7.44. The number of amides is 2. The zero-order valence-corrected chi connectivity index (χ0v) is 24.3. The fourth-order valence-corrected chi connectivity index (χ4v) is 4.14. The lowest BCUT2D eigenvalue weighted by Gasteiger charge is -2.19. The number of aromatic nitrogens is 5. The summed E-state index contributed by atoms with van der Waals surface area (Å²) in [5, 5.41) is 18.0. The van der Waals surface area contributed by atoms with Crippen molar-refractivity contribution in [2.75, 3.05) is 50.5 Å². The fourth-order valence-electron chi connectivity index (χ4n) is 3.44. The molecule has 3 rings (SSSR count). The first-order valence-corrected chi connectivity index (χ1v) is 14.3. The second-order valence-electron chi connectivity index (χ2n) is 9.83. The van der Waals surface area contributed by atoms with E-state index in [4.69, 9.17) is 20.2 Å². The minimum atomic E-state index is -0.563. The number of rotatable bonds is 15. The van der Waals surface area contributed by atoms with Crippen LogP contribution in [0.5, 0.6) is 0 Å². The van der Waals surface area contributed by atoms with Gasteiger partial charge in [0.1, 0.15) is 5.60 Å². The van der Waals surface area contributed by atoms with Gasteiger partial charge in [-0.1, -0.05) is 36.0 Å². The van der Waals surface area contributed by atoms with E-state index in [-0.39, 0.29) is 5.91 Å². The van der Waals surface area contributed by atoms with Crippen molar-refractivity contribution in [3.8, 4) is 0 Å². The SMILES string of the molecule is CCCSc1nc(NCCNC(=O)OC(C)(C)C)c2nnn(Cc3ccc(C(=O)NCCOCCN)cc3)c2n1. The number of hydrogen-bond acceptors (Lipinski definition) is 11. The molecule has 0 spiro atoms. The Bertz CT molecular complexity index is 1250. The predicted molar refractivity (Wildman–Crippen MR) is 155 cm³/mol. The van der Waals surface area contributed by atoms with E-state index in [1.807, 2.05) is 32.9 Å². The third kappa shape index (κ3) is 9.92. The van der Waals surface area contributed by atoms with Gasteiger partial charge in [0.15, 0.2) is 22.1 Å². The molecule has 3 aromatic rings. The molecule has 0 aliphatic carbocycles. The summed E-state index contributed by atoms with van der Waals surface area (Å²) in [7, 11) is 0. The number of ether oxygens (including phenoxy) is 2. The van der Waals surface area contributed by atoms with Crippen LogP contribution < -0.4 is 21.7 Å². The summed E-state index contributed by atoms with van der Waals surface area (Å²) in [5.74, 6) is 1.25. The normalized spacial score (nSPS) is 11.4. The molecule has 40 heavy (non-hydrogen) atoms.